The van der Waals surface area contributed by atoms with Crippen LogP contribution in [0.15, 0.2) is 0 Å². The van der Waals surface area contributed by atoms with E-state index in [1.165, 1.54) is 6.42 Å². The molecule has 0 aromatic rings. The topological polar surface area (TPSA) is 32.8 Å². The van der Waals surface area contributed by atoms with E-state index < -0.39 is 0 Å². The first-order valence-corrected chi connectivity index (χ1v) is 6.07. The second-order valence-corrected chi connectivity index (χ2v) is 4.83. The summed E-state index contributed by atoms with van der Waals surface area (Å²) in [4.78, 5) is 16.2. The number of carbonyl (C=O) groups is 1. The van der Waals surface area contributed by atoms with Crippen LogP contribution in [0.1, 0.15) is 19.8 Å². The second kappa shape index (κ2) is 6.21. The minimum atomic E-state index is -0.0947. The van der Waals surface area contributed by atoms with Gasteiger partial charge >= 0.3 is 5.97 Å². The number of carbonyl (C=O) groups excluding carboxylic acids is 1. The maximum absolute atomic E-state index is 11.9. The standard InChI is InChI=1S/C12H24N2O2/c1-5-16-12(15)11(13(2)3)10-7-6-8-14(4)9-10/h10-11H,5-9H2,1-4H3. The molecule has 1 aliphatic heterocycles. The molecule has 2 atom stereocenters. The first-order chi connectivity index (χ1) is 7.56. The Labute approximate surface area is 98.5 Å². The molecule has 4 nitrogen and oxygen atoms in total. The molecule has 1 aliphatic rings. The minimum Gasteiger partial charge on any atom is -0.465 e. The van der Waals surface area contributed by atoms with Gasteiger partial charge < -0.3 is 9.64 Å². The lowest BCUT2D eigenvalue weighted by atomic mass is 9.90. The van der Waals surface area contributed by atoms with Crippen LogP contribution >= 0.6 is 0 Å². The highest BCUT2D eigenvalue weighted by Gasteiger charge is 2.33. The number of rotatable bonds is 4. The molecule has 1 saturated heterocycles. The first-order valence-electron chi connectivity index (χ1n) is 6.07. The highest BCUT2D eigenvalue weighted by atomic mass is 16.5. The third-order valence-electron chi connectivity index (χ3n) is 3.19. The molecule has 2 unspecified atom stereocenters. The molecule has 4 heteroatoms. The molecule has 0 bridgehead atoms. The normalized spacial score (nSPS) is 24.4. The predicted molar refractivity (Wildman–Crippen MR) is 64.3 cm³/mol. The molecule has 0 aromatic heterocycles. The lowest BCUT2D eigenvalue weighted by Gasteiger charge is -2.36. The van der Waals surface area contributed by atoms with Crippen LogP contribution in [0.25, 0.3) is 0 Å². The quantitative estimate of drug-likeness (QED) is 0.667. The average Bonchev–Trinajstić information content (AvgIpc) is 2.17. The summed E-state index contributed by atoms with van der Waals surface area (Å²) < 4.78 is 5.15. The summed E-state index contributed by atoms with van der Waals surface area (Å²) in [5.74, 6) is 0.320. The molecule has 1 heterocycles. The fourth-order valence-corrected chi connectivity index (χ4v) is 2.52. The van der Waals surface area contributed by atoms with Gasteiger partial charge in [0.1, 0.15) is 6.04 Å². The van der Waals surface area contributed by atoms with Gasteiger partial charge in [-0.2, -0.15) is 0 Å². The van der Waals surface area contributed by atoms with Gasteiger partial charge in [-0.15, -0.1) is 0 Å². The van der Waals surface area contributed by atoms with Crippen molar-refractivity contribution >= 4 is 5.97 Å². The van der Waals surface area contributed by atoms with E-state index in [4.69, 9.17) is 4.74 Å². The Balaban J connectivity index is 2.65. The Kier molecular flexibility index (Phi) is 5.22. The van der Waals surface area contributed by atoms with E-state index >= 15 is 0 Å². The van der Waals surface area contributed by atoms with Gasteiger partial charge in [-0.3, -0.25) is 9.69 Å². The number of piperidine rings is 1. The number of ether oxygens (including phenoxy) is 1. The van der Waals surface area contributed by atoms with Gasteiger partial charge in [0.15, 0.2) is 0 Å². The maximum Gasteiger partial charge on any atom is 0.323 e. The molecular formula is C12H24N2O2. The zero-order valence-electron chi connectivity index (χ0n) is 10.9. The van der Waals surface area contributed by atoms with Gasteiger partial charge in [0.25, 0.3) is 0 Å². The fraction of sp³-hybridized carbons (Fsp3) is 0.917. The fourth-order valence-electron chi connectivity index (χ4n) is 2.52. The van der Waals surface area contributed by atoms with Crippen LogP contribution in [0.4, 0.5) is 0 Å². The van der Waals surface area contributed by atoms with Crippen LogP contribution in [0.5, 0.6) is 0 Å². The molecular weight excluding hydrogens is 204 g/mol. The number of likely N-dealkylation sites (tertiary alicyclic amines) is 1. The van der Waals surface area contributed by atoms with Crippen molar-refractivity contribution in [2.75, 3.05) is 40.8 Å². The maximum atomic E-state index is 11.9. The Morgan fingerprint density at radius 2 is 2.25 bits per heavy atom. The zero-order chi connectivity index (χ0) is 12.1. The van der Waals surface area contributed by atoms with Crippen LogP contribution in [0.2, 0.25) is 0 Å². The predicted octanol–water partition coefficient (Wildman–Crippen LogP) is 0.821. The third-order valence-corrected chi connectivity index (χ3v) is 3.19. The van der Waals surface area contributed by atoms with E-state index in [0.29, 0.717) is 12.5 Å². The van der Waals surface area contributed by atoms with Gasteiger partial charge in [-0.05, 0) is 53.4 Å². The highest BCUT2D eigenvalue weighted by Crippen LogP contribution is 2.22. The summed E-state index contributed by atoms with van der Waals surface area (Å²) in [5.41, 5.74) is 0. The third kappa shape index (κ3) is 3.46. The number of esters is 1. The van der Waals surface area contributed by atoms with Gasteiger partial charge in [0.05, 0.1) is 6.61 Å². The highest BCUT2D eigenvalue weighted by molar-refractivity contribution is 5.76. The summed E-state index contributed by atoms with van der Waals surface area (Å²) in [7, 11) is 6.02. The summed E-state index contributed by atoms with van der Waals surface area (Å²) in [5, 5.41) is 0. The molecule has 0 saturated carbocycles. The van der Waals surface area contributed by atoms with Gasteiger partial charge in [-0.25, -0.2) is 0 Å². The van der Waals surface area contributed by atoms with Gasteiger partial charge in [0.2, 0.25) is 0 Å². The van der Waals surface area contributed by atoms with E-state index in [1.54, 1.807) is 0 Å². The number of hydrogen-bond donors (Lipinski definition) is 0. The van der Waals surface area contributed by atoms with Crippen molar-refractivity contribution in [1.29, 1.82) is 0 Å². The molecule has 0 aliphatic carbocycles. The summed E-state index contributed by atoms with van der Waals surface area (Å²) in [6, 6.07) is -0.0947. The second-order valence-electron chi connectivity index (χ2n) is 4.83. The minimum absolute atomic E-state index is 0.0761. The molecule has 0 N–H and O–H groups in total. The van der Waals surface area contributed by atoms with E-state index in [1.807, 2.05) is 25.9 Å². The molecule has 0 radical (unpaired) electrons. The molecule has 16 heavy (non-hydrogen) atoms. The first kappa shape index (κ1) is 13.5. The summed E-state index contributed by atoms with van der Waals surface area (Å²) in [6.45, 7) is 4.45. The number of nitrogens with zero attached hydrogens (tertiary/aromatic N) is 2. The monoisotopic (exact) mass is 228 g/mol. The van der Waals surface area contributed by atoms with E-state index in [0.717, 1.165) is 19.5 Å². The van der Waals surface area contributed by atoms with Crippen molar-refractivity contribution in [2.24, 2.45) is 5.92 Å². The van der Waals surface area contributed by atoms with Crippen molar-refractivity contribution in [3.8, 4) is 0 Å². The van der Waals surface area contributed by atoms with Crippen molar-refractivity contribution in [3.05, 3.63) is 0 Å². The van der Waals surface area contributed by atoms with Crippen LogP contribution in [0, 0.1) is 5.92 Å². The lowest BCUT2D eigenvalue weighted by molar-refractivity contribution is -0.151. The van der Waals surface area contributed by atoms with Crippen molar-refractivity contribution in [3.63, 3.8) is 0 Å². The van der Waals surface area contributed by atoms with Gasteiger partial charge in [-0.1, -0.05) is 0 Å². The van der Waals surface area contributed by atoms with Crippen LogP contribution in [-0.4, -0.2) is 62.7 Å². The van der Waals surface area contributed by atoms with E-state index in [-0.39, 0.29) is 12.0 Å². The van der Waals surface area contributed by atoms with Crippen molar-refractivity contribution < 1.29 is 9.53 Å². The van der Waals surface area contributed by atoms with E-state index in [2.05, 4.69) is 11.9 Å². The van der Waals surface area contributed by atoms with Crippen LogP contribution in [-0.2, 0) is 9.53 Å². The Bertz CT molecular complexity index is 231. The Hall–Kier alpha value is -0.610. The summed E-state index contributed by atoms with van der Waals surface area (Å²) >= 11 is 0. The Morgan fingerprint density at radius 3 is 2.75 bits per heavy atom. The molecule has 0 amide bonds. The molecule has 0 aromatic carbocycles. The van der Waals surface area contributed by atoms with Crippen LogP contribution in [0.3, 0.4) is 0 Å². The number of likely N-dealkylation sites (N-methyl/N-ethyl adjacent to an activating group) is 1. The van der Waals surface area contributed by atoms with Crippen LogP contribution < -0.4 is 0 Å². The van der Waals surface area contributed by atoms with Crippen molar-refractivity contribution in [1.82, 2.24) is 9.80 Å². The smallest absolute Gasteiger partial charge is 0.323 e. The Morgan fingerprint density at radius 1 is 1.56 bits per heavy atom. The largest absolute Gasteiger partial charge is 0.465 e. The molecule has 0 spiro atoms. The summed E-state index contributed by atoms with van der Waals surface area (Å²) in [6.07, 6.45) is 2.29. The molecule has 1 rings (SSSR count). The van der Waals surface area contributed by atoms with Gasteiger partial charge in [0, 0.05) is 6.54 Å². The molecule has 94 valence electrons. The van der Waals surface area contributed by atoms with Crippen molar-refractivity contribution in [2.45, 2.75) is 25.8 Å². The molecule has 1 fully saturated rings. The van der Waals surface area contributed by atoms with E-state index in [9.17, 15) is 4.79 Å². The number of hydrogen-bond acceptors (Lipinski definition) is 4. The lowest BCUT2D eigenvalue weighted by Crippen LogP contribution is -2.48. The average molecular weight is 228 g/mol. The zero-order valence-corrected chi connectivity index (χ0v) is 10.9. The SMILES string of the molecule is CCOC(=O)C(C1CCCN(C)C1)N(C)C.